The summed E-state index contributed by atoms with van der Waals surface area (Å²) in [6.07, 6.45) is 1.78. The van der Waals surface area contributed by atoms with Crippen molar-refractivity contribution in [1.29, 1.82) is 0 Å². The Morgan fingerprint density at radius 1 is 1.04 bits per heavy atom. The first kappa shape index (κ1) is 17.3. The normalized spacial score (nSPS) is 10.4. The molecule has 26 heavy (non-hydrogen) atoms. The molecule has 134 valence electrons. The van der Waals surface area contributed by atoms with Gasteiger partial charge in [0.2, 0.25) is 0 Å². The fourth-order valence-corrected chi connectivity index (χ4v) is 2.10. The number of nitrogens with zero attached hydrogens (tertiary/aromatic N) is 4. The first-order valence-corrected chi connectivity index (χ1v) is 8.09. The first-order valence-electron chi connectivity index (χ1n) is 8.09. The molecule has 0 aliphatic rings. The lowest BCUT2D eigenvalue weighted by Gasteiger charge is -2.07. The predicted molar refractivity (Wildman–Crippen MR) is 96.4 cm³/mol. The summed E-state index contributed by atoms with van der Waals surface area (Å²) < 4.78 is 4.87. The molecule has 0 saturated heterocycles. The minimum Gasteiger partial charge on any atom is -0.367 e. The molecule has 3 rings (SSSR count). The molecule has 9 nitrogen and oxygen atoms in total. The van der Waals surface area contributed by atoms with Gasteiger partial charge in [0.15, 0.2) is 11.5 Å². The Labute approximate surface area is 150 Å². The third-order valence-corrected chi connectivity index (χ3v) is 3.41. The van der Waals surface area contributed by atoms with Crippen molar-refractivity contribution in [3.8, 4) is 0 Å². The second kappa shape index (κ2) is 8.06. The van der Waals surface area contributed by atoms with E-state index < -0.39 is 0 Å². The van der Waals surface area contributed by atoms with Crippen LogP contribution in [0.1, 0.15) is 21.8 Å². The third kappa shape index (κ3) is 4.76. The Balaban J connectivity index is 1.42. The number of hydrogen-bond donors (Lipinski definition) is 3. The van der Waals surface area contributed by atoms with Crippen molar-refractivity contribution >= 4 is 23.4 Å². The summed E-state index contributed by atoms with van der Waals surface area (Å²) in [4.78, 5) is 16.1. The molecule has 0 fully saturated rings. The van der Waals surface area contributed by atoms with E-state index >= 15 is 0 Å². The van der Waals surface area contributed by atoms with E-state index in [0.717, 1.165) is 5.56 Å². The van der Waals surface area contributed by atoms with Crippen molar-refractivity contribution in [3.63, 3.8) is 0 Å². The lowest BCUT2D eigenvalue weighted by molar-refractivity contribution is 0.0946. The van der Waals surface area contributed by atoms with Gasteiger partial charge >= 0.3 is 0 Å². The Bertz CT molecular complexity index is 860. The molecule has 9 heteroatoms. The molecular formula is C17H19N7O2. The van der Waals surface area contributed by atoms with Crippen LogP contribution in [0.5, 0.6) is 0 Å². The Morgan fingerprint density at radius 2 is 1.81 bits per heavy atom. The molecule has 0 radical (unpaired) electrons. The highest BCUT2D eigenvalue weighted by Gasteiger charge is 2.09. The summed E-state index contributed by atoms with van der Waals surface area (Å²) in [6.45, 7) is 4.63. The van der Waals surface area contributed by atoms with E-state index in [4.69, 9.17) is 4.52 Å². The molecule has 3 heterocycles. The van der Waals surface area contributed by atoms with E-state index in [2.05, 4.69) is 36.3 Å². The Morgan fingerprint density at radius 3 is 2.46 bits per heavy atom. The van der Waals surface area contributed by atoms with Crippen LogP contribution in [0.25, 0.3) is 0 Å². The van der Waals surface area contributed by atoms with Gasteiger partial charge < -0.3 is 20.5 Å². The van der Waals surface area contributed by atoms with Gasteiger partial charge in [0.05, 0.1) is 0 Å². The van der Waals surface area contributed by atoms with E-state index in [-0.39, 0.29) is 11.6 Å². The standard InChI is InChI=1S/C17H19N7O2/c1-11-3-4-14(20-10-11)21-16-6-5-15(22-23-16)18-7-8-19-17(25)13-9-12(2)26-24-13/h3-6,9-10H,7-8H2,1-2H3,(H,18,22)(H,19,25)(H,20,21,23). The van der Waals surface area contributed by atoms with E-state index in [1.165, 1.54) is 0 Å². The van der Waals surface area contributed by atoms with Crippen LogP contribution < -0.4 is 16.0 Å². The lowest BCUT2D eigenvalue weighted by atomic mass is 10.3. The maximum atomic E-state index is 11.8. The van der Waals surface area contributed by atoms with Crippen molar-refractivity contribution in [2.45, 2.75) is 13.8 Å². The van der Waals surface area contributed by atoms with Crippen LogP contribution >= 0.6 is 0 Å². The lowest BCUT2D eigenvalue weighted by Crippen LogP contribution is -2.29. The number of rotatable bonds is 7. The fraction of sp³-hybridized carbons (Fsp3) is 0.235. The number of carbonyl (C=O) groups is 1. The average Bonchev–Trinajstić information content (AvgIpc) is 3.08. The van der Waals surface area contributed by atoms with Crippen molar-refractivity contribution < 1.29 is 9.32 Å². The highest BCUT2D eigenvalue weighted by Crippen LogP contribution is 2.12. The topological polar surface area (TPSA) is 118 Å². The van der Waals surface area contributed by atoms with Gasteiger partial charge in [-0.25, -0.2) is 4.98 Å². The largest absolute Gasteiger partial charge is 0.367 e. The summed E-state index contributed by atoms with van der Waals surface area (Å²) >= 11 is 0. The zero-order valence-corrected chi connectivity index (χ0v) is 14.5. The van der Waals surface area contributed by atoms with Crippen molar-refractivity contribution in [2.24, 2.45) is 0 Å². The van der Waals surface area contributed by atoms with Crippen LogP contribution in [0.15, 0.2) is 41.1 Å². The summed E-state index contributed by atoms with van der Waals surface area (Å²) in [5, 5.41) is 20.7. The van der Waals surface area contributed by atoms with E-state index in [1.807, 2.05) is 19.1 Å². The van der Waals surface area contributed by atoms with Crippen molar-refractivity contribution in [2.75, 3.05) is 23.7 Å². The van der Waals surface area contributed by atoms with Crippen molar-refractivity contribution in [1.82, 2.24) is 25.7 Å². The van der Waals surface area contributed by atoms with Crippen LogP contribution in [-0.2, 0) is 0 Å². The molecular weight excluding hydrogens is 334 g/mol. The molecule has 0 saturated carbocycles. The number of pyridine rings is 1. The molecule has 0 atom stereocenters. The van der Waals surface area contributed by atoms with E-state index in [1.54, 1.807) is 31.3 Å². The molecule has 0 aromatic carbocycles. The molecule has 1 amide bonds. The molecule has 0 aliphatic heterocycles. The minimum atomic E-state index is -0.278. The average molecular weight is 353 g/mol. The van der Waals surface area contributed by atoms with Gasteiger partial charge in [-0.3, -0.25) is 4.79 Å². The monoisotopic (exact) mass is 353 g/mol. The molecule has 3 N–H and O–H groups in total. The zero-order chi connectivity index (χ0) is 18.4. The summed E-state index contributed by atoms with van der Waals surface area (Å²) in [6, 6.07) is 9.03. The highest BCUT2D eigenvalue weighted by molar-refractivity contribution is 5.92. The van der Waals surface area contributed by atoms with Gasteiger partial charge in [0, 0.05) is 25.4 Å². The summed E-state index contributed by atoms with van der Waals surface area (Å²) in [5.74, 6) is 2.23. The zero-order valence-electron chi connectivity index (χ0n) is 14.5. The first-order chi connectivity index (χ1) is 12.6. The van der Waals surface area contributed by atoms with Crippen LogP contribution in [0.3, 0.4) is 0 Å². The van der Waals surface area contributed by atoms with Gasteiger partial charge in [-0.15, -0.1) is 10.2 Å². The number of aromatic nitrogens is 4. The maximum absolute atomic E-state index is 11.8. The van der Waals surface area contributed by atoms with Gasteiger partial charge in [0.1, 0.15) is 17.4 Å². The quantitative estimate of drug-likeness (QED) is 0.553. The van der Waals surface area contributed by atoms with E-state index in [9.17, 15) is 4.79 Å². The molecule has 3 aromatic heterocycles. The number of amides is 1. The second-order valence-electron chi connectivity index (χ2n) is 5.66. The smallest absolute Gasteiger partial charge is 0.273 e. The van der Waals surface area contributed by atoms with Crippen LogP contribution in [-0.4, -0.2) is 39.3 Å². The molecule has 3 aromatic rings. The number of aryl methyl sites for hydroxylation is 2. The van der Waals surface area contributed by atoms with E-state index in [0.29, 0.717) is 36.3 Å². The Hall–Kier alpha value is -3.49. The SMILES string of the molecule is Cc1ccc(Nc2ccc(NCCNC(=O)c3cc(C)on3)nn2)nc1. The number of anilines is 3. The second-order valence-corrected chi connectivity index (χ2v) is 5.66. The number of nitrogens with one attached hydrogen (secondary N) is 3. The molecule has 0 aliphatic carbocycles. The predicted octanol–water partition coefficient (Wildman–Crippen LogP) is 2.06. The minimum absolute atomic E-state index is 0.266. The van der Waals surface area contributed by atoms with Gasteiger partial charge in [-0.05, 0) is 37.6 Å². The van der Waals surface area contributed by atoms with Gasteiger partial charge in [-0.1, -0.05) is 11.2 Å². The van der Waals surface area contributed by atoms with Gasteiger partial charge in [-0.2, -0.15) is 0 Å². The fourth-order valence-electron chi connectivity index (χ4n) is 2.10. The maximum Gasteiger partial charge on any atom is 0.273 e. The molecule has 0 unspecified atom stereocenters. The molecule has 0 bridgehead atoms. The highest BCUT2D eigenvalue weighted by atomic mass is 16.5. The number of carbonyl (C=O) groups excluding carboxylic acids is 1. The third-order valence-electron chi connectivity index (χ3n) is 3.41. The van der Waals surface area contributed by atoms with Crippen LogP contribution in [0, 0.1) is 13.8 Å². The van der Waals surface area contributed by atoms with Crippen LogP contribution in [0.4, 0.5) is 17.5 Å². The Kier molecular flexibility index (Phi) is 5.37. The molecule has 0 spiro atoms. The van der Waals surface area contributed by atoms with Crippen molar-refractivity contribution in [3.05, 3.63) is 53.5 Å². The van der Waals surface area contributed by atoms with Gasteiger partial charge in [0.25, 0.3) is 5.91 Å². The number of hydrogen-bond acceptors (Lipinski definition) is 8. The summed E-state index contributed by atoms with van der Waals surface area (Å²) in [5.41, 5.74) is 1.36. The van der Waals surface area contributed by atoms with Crippen LogP contribution in [0.2, 0.25) is 0 Å². The summed E-state index contributed by atoms with van der Waals surface area (Å²) in [7, 11) is 0.